The first-order valence-electron chi connectivity index (χ1n) is 6.96. The van der Waals surface area contributed by atoms with Gasteiger partial charge in [0.25, 0.3) is 0 Å². The highest BCUT2D eigenvalue weighted by Gasteiger charge is 2.29. The minimum absolute atomic E-state index is 0.321. The molecule has 3 rings (SSSR count). The number of hydrogen-bond acceptors (Lipinski definition) is 3. The average molecular weight is 259 g/mol. The Morgan fingerprint density at radius 2 is 1.95 bits per heavy atom. The first-order chi connectivity index (χ1) is 9.26. The second-order valence-corrected chi connectivity index (χ2v) is 5.44. The molecule has 4 heteroatoms. The average Bonchev–Trinajstić information content (AvgIpc) is 3.08. The maximum absolute atomic E-state index is 13.5. The van der Waals surface area contributed by atoms with E-state index in [1.807, 2.05) is 6.07 Å². The number of nitriles is 1. The van der Waals surface area contributed by atoms with Crippen LogP contribution in [0.15, 0.2) is 18.2 Å². The number of rotatable bonds is 2. The number of halogens is 1. The smallest absolute Gasteiger partial charge is 0.126 e. The molecule has 0 N–H and O–H groups in total. The van der Waals surface area contributed by atoms with E-state index < -0.39 is 0 Å². The van der Waals surface area contributed by atoms with Crippen LogP contribution in [0, 0.1) is 17.1 Å². The highest BCUT2D eigenvalue weighted by molar-refractivity contribution is 5.52. The Morgan fingerprint density at radius 3 is 2.68 bits per heavy atom. The van der Waals surface area contributed by atoms with E-state index >= 15 is 0 Å². The lowest BCUT2D eigenvalue weighted by molar-refractivity contribution is 0.260. The van der Waals surface area contributed by atoms with E-state index in [1.54, 1.807) is 6.07 Å². The van der Waals surface area contributed by atoms with E-state index in [-0.39, 0.29) is 5.82 Å². The molecule has 1 atom stereocenters. The fraction of sp³-hybridized carbons (Fsp3) is 0.533. The quantitative estimate of drug-likeness (QED) is 0.817. The number of anilines is 1. The number of likely N-dealkylation sites (tertiary alicyclic amines) is 1. The minimum atomic E-state index is -0.321. The van der Waals surface area contributed by atoms with Gasteiger partial charge in [-0.2, -0.15) is 5.26 Å². The van der Waals surface area contributed by atoms with Gasteiger partial charge in [0.15, 0.2) is 0 Å². The van der Waals surface area contributed by atoms with Crippen molar-refractivity contribution < 1.29 is 4.39 Å². The maximum Gasteiger partial charge on any atom is 0.126 e. The highest BCUT2D eigenvalue weighted by Crippen LogP contribution is 2.26. The molecular weight excluding hydrogens is 241 g/mol. The van der Waals surface area contributed by atoms with E-state index in [0.29, 0.717) is 11.6 Å². The van der Waals surface area contributed by atoms with Crippen LogP contribution in [0.1, 0.15) is 24.8 Å². The molecule has 0 aromatic heterocycles. The van der Waals surface area contributed by atoms with E-state index in [4.69, 9.17) is 5.26 Å². The second-order valence-electron chi connectivity index (χ2n) is 5.44. The topological polar surface area (TPSA) is 30.3 Å². The van der Waals surface area contributed by atoms with E-state index in [1.165, 1.54) is 38.1 Å². The summed E-state index contributed by atoms with van der Waals surface area (Å²) in [5.41, 5.74) is 1.25. The van der Waals surface area contributed by atoms with Crippen LogP contribution in [-0.4, -0.2) is 37.1 Å². The van der Waals surface area contributed by atoms with Crippen LogP contribution in [0.2, 0.25) is 0 Å². The summed E-state index contributed by atoms with van der Waals surface area (Å²) in [5, 5.41) is 8.91. The molecule has 2 heterocycles. The third-order valence-electron chi connectivity index (χ3n) is 4.20. The van der Waals surface area contributed by atoms with Crippen LogP contribution in [-0.2, 0) is 0 Å². The third-order valence-corrected chi connectivity index (χ3v) is 4.20. The summed E-state index contributed by atoms with van der Waals surface area (Å²) in [4.78, 5) is 4.75. The second kappa shape index (κ2) is 5.18. The Morgan fingerprint density at radius 1 is 1.16 bits per heavy atom. The summed E-state index contributed by atoms with van der Waals surface area (Å²) in [7, 11) is 0. The van der Waals surface area contributed by atoms with Gasteiger partial charge in [-0.1, -0.05) is 0 Å². The fourth-order valence-corrected chi connectivity index (χ4v) is 3.20. The maximum atomic E-state index is 13.5. The lowest BCUT2D eigenvalue weighted by Gasteiger charge is -2.24. The van der Waals surface area contributed by atoms with E-state index in [9.17, 15) is 4.39 Å². The predicted octanol–water partition coefficient (Wildman–Crippen LogP) is 2.37. The summed E-state index contributed by atoms with van der Waals surface area (Å²) in [6.45, 7) is 4.31. The molecule has 0 spiro atoms. The molecule has 2 aliphatic heterocycles. The van der Waals surface area contributed by atoms with Gasteiger partial charge in [0.05, 0.1) is 11.6 Å². The molecule has 2 aliphatic rings. The van der Waals surface area contributed by atoms with Gasteiger partial charge in [-0.3, -0.25) is 4.90 Å². The zero-order chi connectivity index (χ0) is 13.2. The summed E-state index contributed by atoms with van der Waals surface area (Å²) in [6.07, 6.45) is 3.74. The first kappa shape index (κ1) is 12.4. The Bertz CT molecular complexity index is 503. The Kier molecular flexibility index (Phi) is 3.39. The van der Waals surface area contributed by atoms with Crippen molar-refractivity contribution in [2.45, 2.75) is 25.3 Å². The Labute approximate surface area is 113 Å². The molecule has 0 bridgehead atoms. The van der Waals surface area contributed by atoms with Gasteiger partial charge in [-0.05, 0) is 50.6 Å². The SMILES string of the molecule is N#Cc1cc(F)cc(N2CCC(N3CCCC3)C2)c1. The lowest BCUT2D eigenvalue weighted by atomic mass is 10.2. The summed E-state index contributed by atoms with van der Waals surface area (Å²) in [5.74, 6) is -0.321. The zero-order valence-corrected chi connectivity index (χ0v) is 11.0. The van der Waals surface area contributed by atoms with Crippen molar-refractivity contribution in [2.24, 2.45) is 0 Å². The van der Waals surface area contributed by atoms with Crippen LogP contribution in [0.3, 0.4) is 0 Å². The molecule has 0 aliphatic carbocycles. The monoisotopic (exact) mass is 259 g/mol. The van der Waals surface area contributed by atoms with Crippen LogP contribution >= 0.6 is 0 Å². The summed E-state index contributed by atoms with van der Waals surface area (Å²) >= 11 is 0. The summed E-state index contributed by atoms with van der Waals surface area (Å²) in [6, 6.07) is 7.23. The van der Waals surface area contributed by atoms with Gasteiger partial charge < -0.3 is 4.90 Å². The van der Waals surface area contributed by atoms with Crippen molar-refractivity contribution in [3.05, 3.63) is 29.6 Å². The van der Waals surface area contributed by atoms with Crippen molar-refractivity contribution in [2.75, 3.05) is 31.1 Å². The standard InChI is InChI=1S/C15H18FN3/c16-13-7-12(10-17)8-15(9-13)19-6-3-14(11-19)18-4-1-2-5-18/h7-9,14H,1-6,11H2. The normalized spacial score (nSPS) is 23.8. The van der Waals surface area contributed by atoms with Crippen molar-refractivity contribution in [1.29, 1.82) is 5.26 Å². The van der Waals surface area contributed by atoms with Gasteiger partial charge in [0.1, 0.15) is 5.82 Å². The van der Waals surface area contributed by atoms with Crippen molar-refractivity contribution >= 4 is 5.69 Å². The van der Waals surface area contributed by atoms with Crippen LogP contribution in [0.25, 0.3) is 0 Å². The molecule has 0 saturated carbocycles. The predicted molar refractivity (Wildman–Crippen MR) is 72.5 cm³/mol. The van der Waals surface area contributed by atoms with E-state index in [0.717, 1.165) is 25.2 Å². The van der Waals surface area contributed by atoms with Crippen LogP contribution in [0.5, 0.6) is 0 Å². The van der Waals surface area contributed by atoms with Gasteiger partial charge in [-0.15, -0.1) is 0 Å². The minimum Gasteiger partial charge on any atom is -0.370 e. The van der Waals surface area contributed by atoms with Gasteiger partial charge in [0, 0.05) is 24.8 Å². The molecular formula is C15H18FN3. The van der Waals surface area contributed by atoms with Crippen LogP contribution in [0.4, 0.5) is 10.1 Å². The van der Waals surface area contributed by atoms with Gasteiger partial charge in [-0.25, -0.2) is 4.39 Å². The lowest BCUT2D eigenvalue weighted by Crippen LogP contribution is -2.35. The number of hydrogen-bond donors (Lipinski definition) is 0. The molecule has 1 aromatic rings. The van der Waals surface area contributed by atoms with Gasteiger partial charge in [0.2, 0.25) is 0 Å². The molecule has 2 saturated heterocycles. The molecule has 3 nitrogen and oxygen atoms in total. The van der Waals surface area contributed by atoms with Crippen LogP contribution < -0.4 is 4.90 Å². The molecule has 0 radical (unpaired) electrons. The third kappa shape index (κ3) is 2.57. The Hall–Kier alpha value is -1.60. The Balaban J connectivity index is 1.73. The van der Waals surface area contributed by atoms with Crippen molar-refractivity contribution in [3.63, 3.8) is 0 Å². The molecule has 19 heavy (non-hydrogen) atoms. The van der Waals surface area contributed by atoms with E-state index in [2.05, 4.69) is 9.80 Å². The highest BCUT2D eigenvalue weighted by atomic mass is 19.1. The van der Waals surface area contributed by atoms with Gasteiger partial charge >= 0.3 is 0 Å². The number of benzene rings is 1. The fourth-order valence-electron chi connectivity index (χ4n) is 3.20. The van der Waals surface area contributed by atoms with Crippen molar-refractivity contribution in [1.82, 2.24) is 4.90 Å². The first-order valence-corrected chi connectivity index (χ1v) is 6.96. The van der Waals surface area contributed by atoms with Crippen molar-refractivity contribution in [3.8, 4) is 6.07 Å². The molecule has 0 amide bonds. The molecule has 100 valence electrons. The zero-order valence-electron chi connectivity index (χ0n) is 11.0. The summed E-state index contributed by atoms with van der Waals surface area (Å²) < 4.78 is 13.5. The molecule has 1 aromatic carbocycles. The molecule has 1 unspecified atom stereocenters. The number of nitrogens with zero attached hydrogens (tertiary/aromatic N) is 3. The molecule has 2 fully saturated rings. The largest absolute Gasteiger partial charge is 0.370 e.